The van der Waals surface area contributed by atoms with Gasteiger partial charge in [0, 0.05) is 67.4 Å². The van der Waals surface area contributed by atoms with E-state index < -0.39 is 0 Å². The Morgan fingerprint density at radius 2 is 1.76 bits per heavy atom. The number of anilines is 1. The number of aryl methyl sites for hydroxylation is 1. The van der Waals surface area contributed by atoms with E-state index in [1.54, 1.807) is 6.92 Å². The van der Waals surface area contributed by atoms with E-state index in [1.807, 2.05) is 29.0 Å². The number of aromatic amines is 1. The average Bonchev–Trinajstić information content (AvgIpc) is 3.48. The lowest BCUT2D eigenvalue weighted by Gasteiger charge is -2.45. The van der Waals surface area contributed by atoms with E-state index >= 15 is 0 Å². The number of carbonyl (C=O) groups excluding carboxylic acids is 2. The highest BCUT2D eigenvalue weighted by Gasteiger charge is 2.37. The van der Waals surface area contributed by atoms with Crippen molar-refractivity contribution in [3.63, 3.8) is 0 Å². The number of halogens is 1. The molecule has 0 radical (unpaired) electrons. The zero-order chi connectivity index (χ0) is 27.3. The molecule has 0 saturated carbocycles. The minimum Gasteiger partial charge on any atom is -0.346 e. The van der Waals surface area contributed by atoms with E-state index in [2.05, 4.69) is 47.1 Å². The van der Waals surface area contributed by atoms with Gasteiger partial charge >= 0.3 is 0 Å². The van der Waals surface area contributed by atoms with Crippen LogP contribution in [-0.2, 0) is 9.59 Å². The molecule has 2 aliphatic heterocycles. The van der Waals surface area contributed by atoms with Crippen LogP contribution in [0, 0.1) is 13.8 Å². The molecule has 0 unspecified atom stereocenters. The largest absolute Gasteiger partial charge is 0.346 e. The van der Waals surface area contributed by atoms with E-state index in [-0.39, 0.29) is 29.9 Å². The number of piperazine rings is 1. The molecule has 5 rings (SSSR count). The van der Waals surface area contributed by atoms with E-state index in [4.69, 9.17) is 16.7 Å². The van der Waals surface area contributed by atoms with E-state index in [0.29, 0.717) is 31.2 Å². The summed E-state index contributed by atoms with van der Waals surface area (Å²) in [7, 11) is 0. The number of nitrogens with one attached hydrogen (secondary N) is 1. The molecular weight excluding hydrogens is 502 g/mol. The molecule has 0 aliphatic carbocycles. The summed E-state index contributed by atoms with van der Waals surface area (Å²) in [5.41, 5.74) is 4.87. The molecule has 0 spiro atoms. The van der Waals surface area contributed by atoms with Crippen molar-refractivity contribution in [1.29, 1.82) is 0 Å². The summed E-state index contributed by atoms with van der Waals surface area (Å²) in [6, 6.07) is 2.32. The number of H-pyrrole nitrogens is 1. The van der Waals surface area contributed by atoms with Crippen LogP contribution < -0.4 is 4.90 Å². The number of likely N-dealkylation sites (tertiary alicyclic amines) is 1. The van der Waals surface area contributed by atoms with E-state index in [0.717, 1.165) is 51.9 Å². The van der Waals surface area contributed by atoms with E-state index in [1.165, 1.54) is 6.08 Å². The summed E-state index contributed by atoms with van der Waals surface area (Å²) in [5, 5.41) is 14.4. The molecule has 10 heteroatoms. The number of rotatable bonds is 4. The molecule has 1 N–H and O–H groups in total. The van der Waals surface area contributed by atoms with Gasteiger partial charge in [0.2, 0.25) is 11.8 Å². The van der Waals surface area contributed by atoms with Crippen LogP contribution in [0.5, 0.6) is 0 Å². The Morgan fingerprint density at radius 3 is 2.37 bits per heavy atom. The highest BCUT2D eigenvalue weighted by molar-refractivity contribution is 6.36. The fraction of sp³-hybridized carbons (Fsp3) is 0.500. The Bertz CT molecular complexity index is 1390. The summed E-state index contributed by atoms with van der Waals surface area (Å²) in [5.74, 6) is 0.945. The average molecular weight is 538 g/mol. The molecule has 2 saturated heterocycles. The second kappa shape index (κ2) is 10.1. The first-order chi connectivity index (χ1) is 18.1. The van der Waals surface area contributed by atoms with Gasteiger partial charge in [-0.2, -0.15) is 10.2 Å². The van der Waals surface area contributed by atoms with Crippen molar-refractivity contribution in [2.24, 2.45) is 0 Å². The quantitative estimate of drug-likeness (QED) is 0.495. The summed E-state index contributed by atoms with van der Waals surface area (Å²) in [6.07, 6.45) is 4.84. The Hall–Kier alpha value is -3.33. The molecule has 0 bridgehead atoms. The Kier molecular flexibility index (Phi) is 6.98. The van der Waals surface area contributed by atoms with Gasteiger partial charge in [0.05, 0.1) is 22.8 Å². The first-order valence-electron chi connectivity index (χ1n) is 13.3. The molecule has 1 aromatic carbocycles. The Morgan fingerprint density at radius 1 is 1.11 bits per heavy atom. The molecule has 38 heavy (non-hydrogen) atoms. The van der Waals surface area contributed by atoms with Crippen molar-refractivity contribution in [2.45, 2.75) is 65.6 Å². The molecule has 2 amide bonds. The van der Waals surface area contributed by atoms with Crippen molar-refractivity contribution in [1.82, 2.24) is 29.8 Å². The highest BCUT2D eigenvalue weighted by Crippen LogP contribution is 2.45. The van der Waals surface area contributed by atoms with Crippen molar-refractivity contribution < 1.29 is 9.59 Å². The summed E-state index contributed by atoms with van der Waals surface area (Å²) < 4.78 is 2.14. The van der Waals surface area contributed by atoms with Gasteiger partial charge in [-0.25, -0.2) is 0 Å². The zero-order valence-corrected chi connectivity index (χ0v) is 23.5. The molecule has 2 aliphatic rings. The number of hydrogen-bond acceptors (Lipinski definition) is 5. The molecule has 2 fully saturated rings. The minimum absolute atomic E-state index is 0.0260. The normalized spacial score (nSPS) is 20.8. The van der Waals surface area contributed by atoms with Crippen molar-refractivity contribution in [3.8, 4) is 11.1 Å². The van der Waals surface area contributed by atoms with Crippen LogP contribution in [-0.4, -0.2) is 79.9 Å². The minimum atomic E-state index is -0.0260. The molecule has 202 valence electrons. The van der Waals surface area contributed by atoms with E-state index in [9.17, 15) is 9.59 Å². The van der Waals surface area contributed by atoms with Gasteiger partial charge in [-0.05, 0) is 58.2 Å². The zero-order valence-electron chi connectivity index (χ0n) is 22.8. The maximum absolute atomic E-state index is 12.2. The Labute approximate surface area is 228 Å². The van der Waals surface area contributed by atoms with Crippen LogP contribution in [0.3, 0.4) is 0 Å². The predicted molar refractivity (Wildman–Crippen MR) is 151 cm³/mol. The smallest absolute Gasteiger partial charge is 0.245 e. The van der Waals surface area contributed by atoms with Crippen LogP contribution in [0.25, 0.3) is 22.0 Å². The first-order valence-corrected chi connectivity index (χ1v) is 13.7. The van der Waals surface area contributed by atoms with Gasteiger partial charge in [-0.1, -0.05) is 18.2 Å². The maximum atomic E-state index is 12.2. The maximum Gasteiger partial charge on any atom is 0.245 e. The van der Waals surface area contributed by atoms with Gasteiger partial charge in [0.25, 0.3) is 0 Å². The van der Waals surface area contributed by atoms with Crippen molar-refractivity contribution in [2.75, 3.05) is 31.1 Å². The fourth-order valence-electron chi connectivity index (χ4n) is 6.23. The highest BCUT2D eigenvalue weighted by atomic mass is 35.5. The number of hydrogen-bond donors (Lipinski definition) is 1. The Balaban J connectivity index is 1.65. The lowest BCUT2D eigenvalue weighted by Crippen LogP contribution is -2.58. The van der Waals surface area contributed by atoms with Gasteiger partial charge in [0.15, 0.2) is 5.82 Å². The number of aromatic nitrogens is 4. The third kappa shape index (κ3) is 4.36. The molecule has 4 heterocycles. The van der Waals surface area contributed by atoms with Crippen molar-refractivity contribution in [3.05, 3.63) is 41.2 Å². The monoisotopic (exact) mass is 537 g/mol. The first kappa shape index (κ1) is 26.3. The van der Waals surface area contributed by atoms with Gasteiger partial charge in [-0.15, -0.1) is 0 Å². The van der Waals surface area contributed by atoms with Gasteiger partial charge in [0.1, 0.15) is 0 Å². The second-order valence-electron chi connectivity index (χ2n) is 10.7. The number of carbonyl (C=O) groups is 2. The number of nitrogens with zero attached hydrogens (tertiary/aromatic N) is 6. The summed E-state index contributed by atoms with van der Waals surface area (Å²) in [4.78, 5) is 30.5. The lowest BCUT2D eigenvalue weighted by atomic mass is 9.97. The van der Waals surface area contributed by atoms with Gasteiger partial charge < -0.3 is 14.7 Å². The molecule has 2 aromatic heterocycles. The predicted octanol–water partition coefficient (Wildman–Crippen LogP) is 4.49. The summed E-state index contributed by atoms with van der Waals surface area (Å²) in [6.45, 7) is 16.3. The van der Waals surface area contributed by atoms with Gasteiger partial charge in [-0.3, -0.25) is 19.4 Å². The van der Waals surface area contributed by atoms with Crippen LogP contribution in [0.1, 0.15) is 50.9 Å². The number of amides is 2. The molecule has 2 atom stereocenters. The van der Waals surface area contributed by atoms with Crippen LogP contribution in [0.2, 0.25) is 5.02 Å². The number of benzene rings is 1. The fourth-order valence-corrected chi connectivity index (χ4v) is 6.49. The third-order valence-corrected chi connectivity index (χ3v) is 8.64. The van der Waals surface area contributed by atoms with Crippen LogP contribution >= 0.6 is 11.6 Å². The lowest BCUT2D eigenvalue weighted by molar-refractivity contribution is -0.130. The standard InChI is InChI=1S/C28H36ClN7O2/c1-7-24(38)33-10-8-21(9-11-33)36-19(5)25(26-22-13-30-31-23(22)12-16(2)27(26)29)28(32-36)35-17(3)14-34(20(6)37)15-18(35)4/h7,12-13,17-18,21H,1,8-11,14-15H2,2-6H3,(H,30,31)/t17-,18+. The topological polar surface area (TPSA) is 90.4 Å². The summed E-state index contributed by atoms with van der Waals surface area (Å²) >= 11 is 7.05. The van der Waals surface area contributed by atoms with Crippen molar-refractivity contribution >= 4 is 40.1 Å². The number of piperidine rings is 1. The molecular formula is C28H36ClN7O2. The third-order valence-electron chi connectivity index (χ3n) is 8.15. The van der Waals surface area contributed by atoms with Crippen LogP contribution in [0.4, 0.5) is 5.82 Å². The number of fused-ring (bicyclic) bond motifs is 1. The molecule has 9 nitrogen and oxygen atoms in total. The SMILES string of the molecule is C=CC(=O)N1CCC(n2nc(N3[C@H](C)CN(C(C)=O)C[C@@H]3C)c(-c3c(Cl)c(C)cc4[nH]ncc34)c2C)CC1. The van der Waals surface area contributed by atoms with Crippen LogP contribution in [0.15, 0.2) is 24.9 Å². The second-order valence-corrected chi connectivity index (χ2v) is 11.1. The molecule has 3 aromatic rings.